The number of ether oxygens (including phenoxy) is 1. The molecule has 0 aliphatic carbocycles. The molecule has 0 spiro atoms. The number of methoxy groups -OCH3 is 1. The lowest BCUT2D eigenvalue weighted by Crippen LogP contribution is -2.34. The maximum absolute atomic E-state index is 5.41. The fraction of sp³-hybridized carbons (Fsp3) is 0.500. The van der Waals surface area contributed by atoms with E-state index in [1.54, 1.807) is 7.11 Å². The third-order valence-corrected chi connectivity index (χ3v) is 5.67. The van der Waals surface area contributed by atoms with Crippen LogP contribution in [0.2, 0.25) is 0 Å². The predicted molar refractivity (Wildman–Crippen MR) is 98.7 cm³/mol. The number of nitrogens with zero attached hydrogens (tertiary/aromatic N) is 3. The first kappa shape index (κ1) is 17.3. The van der Waals surface area contributed by atoms with Gasteiger partial charge in [-0.1, -0.05) is 0 Å². The quantitative estimate of drug-likeness (QED) is 0.871. The number of fused-ring (bicyclic) bond motifs is 1. The van der Waals surface area contributed by atoms with Crippen LogP contribution in [-0.4, -0.2) is 48.2 Å². The van der Waals surface area contributed by atoms with E-state index < -0.39 is 0 Å². The molecule has 0 unspecified atom stereocenters. The number of benzene rings is 1. The average Bonchev–Trinajstić information content (AvgIpc) is 3.00. The fourth-order valence-electron chi connectivity index (χ4n) is 3.18. The molecule has 130 valence electrons. The lowest BCUT2D eigenvalue weighted by molar-refractivity contribution is 0.277. The second-order valence-corrected chi connectivity index (χ2v) is 7.57. The Morgan fingerprint density at radius 2 is 2.29 bits per heavy atom. The van der Waals surface area contributed by atoms with Gasteiger partial charge in [0.05, 0.1) is 13.3 Å². The topological polar surface area (TPSA) is 42.3 Å². The van der Waals surface area contributed by atoms with Crippen LogP contribution in [0, 0.1) is 0 Å². The number of likely N-dealkylation sites (N-methyl/N-ethyl adjacent to an activating group) is 1. The van der Waals surface area contributed by atoms with Crippen molar-refractivity contribution in [2.24, 2.45) is 7.05 Å². The van der Waals surface area contributed by atoms with Crippen LogP contribution < -0.4 is 10.1 Å². The summed E-state index contributed by atoms with van der Waals surface area (Å²) >= 11 is 1.93. The number of thioether (sulfide) groups is 1. The van der Waals surface area contributed by atoms with Gasteiger partial charge in [0.2, 0.25) is 0 Å². The standard InChI is InChI=1S/C18H26N4OS/c1-21(2)17(13-10-20-22(3)12-13)11-19-16-7-8-24-18-6-5-14(23-4)9-15(16)18/h5-6,9-10,12,16-17,19H,7-8,11H2,1-4H3/t16-,17+/m0/s1. The molecule has 5 nitrogen and oxygen atoms in total. The molecule has 0 saturated heterocycles. The van der Waals surface area contributed by atoms with E-state index in [9.17, 15) is 0 Å². The van der Waals surface area contributed by atoms with Gasteiger partial charge in [-0.15, -0.1) is 11.8 Å². The molecular formula is C18H26N4OS. The van der Waals surface area contributed by atoms with Crippen molar-refractivity contribution in [2.45, 2.75) is 23.4 Å². The number of nitrogens with one attached hydrogen (secondary N) is 1. The summed E-state index contributed by atoms with van der Waals surface area (Å²) in [7, 11) is 7.93. The van der Waals surface area contributed by atoms with E-state index in [-0.39, 0.29) is 0 Å². The Balaban J connectivity index is 1.74. The van der Waals surface area contributed by atoms with Gasteiger partial charge in [0, 0.05) is 42.3 Å². The van der Waals surface area contributed by atoms with Gasteiger partial charge in [-0.25, -0.2) is 0 Å². The summed E-state index contributed by atoms with van der Waals surface area (Å²) in [5.41, 5.74) is 2.60. The molecule has 6 heteroatoms. The van der Waals surface area contributed by atoms with Gasteiger partial charge in [-0.2, -0.15) is 5.10 Å². The van der Waals surface area contributed by atoms with E-state index in [1.807, 2.05) is 35.8 Å². The molecule has 0 radical (unpaired) electrons. The van der Waals surface area contributed by atoms with Gasteiger partial charge >= 0.3 is 0 Å². The van der Waals surface area contributed by atoms with Crippen molar-refractivity contribution in [2.75, 3.05) is 33.5 Å². The molecule has 2 atom stereocenters. The maximum atomic E-state index is 5.41. The van der Waals surface area contributed by atoms with E-state index in [2.05, 4.69) is 47.7 Å². The minimum atomic E-state index is 0.308. The first-order valence-corrected chi connectivity index (χ1v) is 9.26. The highest BCUT2D eigenvalue weighted by atomic mass is 32.2. The van der Waals surface area contributed by atoms with Crippen LogP contribution in [-0.2, 0) is 7.05 Å². The van der Waals surface area contributed by atoms with E-state index in [4.69, 9.17) is 4.74 Å². The molecule has 1 aliphatic heterocycles. The van der Waals surface area contributed by atoms with Crippen LogP contribution in [0.3, 0.4) is 0 Å². The Kier molecular flexibility index (Phi) is 5.48. The molecule has 3 rings (SSSR count). The van der Waals surface area contributed by atoms with E-state index in [1.165, 1.54) is 16.0 Å². The predicted octanol–water partition coefficient (Wildman–Crippen LogP) is 2.86. The van der Waals surface area contributed by atoms with Gasteiger partial charge in [0.1, 0.15) is 5.75 Å². The zero-order valence-electron chi connectivity index (χ0n) is 14.8. The zero-order valence-corrected chi connectivity index (χ0v) is 15.6. The third-order valence-electron chi connectivity index (χ3n) is 4.55. The van der Waals surface area contributed by atoms with Gasteiger partial charge in [-0.3, -0.25) is 4.68 Å². The Labute approximate surface area is 148 Å². The summed E-state index contributed by atoms with van der Waals surface area (Å²) in [6.45, 7) is 0.894. The largest absolute Gasteiger partial charge is 0.497 e. The molecule has 0 bridgehead atoms. The molecule has 1 aromatic carbocycles. The highest BCUT2D eigenvalue weighted by molar-refractivity contribution is 7.99. The SMILES string of the molecule is COc1ccc2c(c1)[C@@H](NC[C@H](c1cnn(C)c1)N(C)C)CCS2. The van der Waals surface area contributed by atoms with Gasteiger partial charge in [0.15, 0.2) is 0 Å². The molecular weight excluding hydrogens is 320 g/mol. The van der Waals surface area contributed by atoms with E-state index in [0.717, 1.165) is 24.5 Å². The van der Waals surface area contributed by atoms with Crippen molar-refractivity contribution in [1.82, 2.24) is 20.0 Å². The van der Waals surface area contributed by atoms with Crippen molar-refractivity contribution in [3.63, 3.8) is 0 Å². The first-order chi connectivity index (χ1) is 11.6. The van der Waals surface area contributed by atoms with Crippen LogP contribution in [0.25, 0.3) is 0 Å². The molecule has 24 heavy (non-hydrogen) atoms. The molecule has 1 aliphatic rings. The van der Waals surface area contributed by atoms with Gasteiger partial charge in [-0.05, 0) is 50.0 Å². The van der Waals surface area contributed by atoms with Crippen molar-refractivity contribution < 1.29 is 4.74 Å². The summed E-state index contributed by atoms with van der Waals surface area (Å²) in [5.74, 6) is 2.08. The zero-order chi connectivity index (χ0) is 17.1. The van der Waals surface area contributed by atoms with Crippen LogP contribution in [0.4, 0.5) is 0 Å². The highest BCUT2D eigenvalue weighted by Crippen LogP contribution is 2.38. The second kappa shape index (κ2) is 7.59. The maximum Gasteiger partial charge on any atom is 0.119 e. The van der Waals surface area contributed by atoms with Crippen molar-refractivity contribution in [3.05, 3.63) is 41.7 Å². The number of aromatic nitrogens is 2. The molecule has 1 N–H and O–H groups in total. The van der Waals surface area contributed by atoms with E-state index >= 15 is 0 Å². The minimum absolute atomic E-state index is 0.308. The molecule has 1 aromatic heterocycles. The minimum Gasteiger partial charge on any atom is -0.497 e. The number of rotatable bonds is 6. The smallest absolute Gasteiger partial charge is 0.119 e. The van der Waals surface area contributed by atoms with E-state index in [0.29, 0.717) is 12.1 Å². The lowest BCUT2D eigenvalue weighted by atomic mass is 10.0. The molecule has 2 heterocycles. The normalized spacial score (nSPS) is 18.5. The number of aryl methyl sites for hydroxylation is 1. The Morgan fingerprint density at radius 1 is 1.46 bits per heavy atom. The molecule has 2 aromatic rings. The molecule has 0 saturated carbocycles. The second-order valence-electron chi connectivity index (χ2n) is 6.43. The molecule has 0 fully saturated rings. The van der Waals surface area contributed by atoms with Crippen LogP contribution in [0.1, 0.15) is 29.6 Å². The third kappa shape index (κ3) is 3.77. The van der Waals surface area contributed by atoms with Crippen LogP contribution in [0.15, 0.2) is 35.5 Å². The number of hydrogen-bond acceptors (Lipinski definition) is 5. The van der Waals surface area contributed by atoms with Gasteiger partial charge < -0.3 is 15.0 Å². The van der Waals surface area contributed by atoms with Crippen LogP contribution >= 0.6 is 11.8 Å². The first-order valence-electron chi connectivity index (χ1n) is 8.27. The number of hydrogen-bond donors (Lipinski definition) is 1. The Morgan fingerprint density at radius 3 is 2.96 bits per heavy atom. The Hall–Kier alpha value is -1.50. The Bertz CT molecular complexity index is 685. The fourth-order valence-corrected chi connectivity index (χ4v) is 4.28. The van der Waals surface area contributed by atoms with Gasteiger partial charge in [0.25, 0.3) is 0 Å². The monoisotopic (exact) mass is 346 g/mol. The summed E-state index contributed by atoms with van der Waals surface area (Å²) in [6.07, 6.45) is 5.19. The van der Waals surface area contributed by atoms with Crippen molar-refractivity contribution in [3.8, 4) is 5.75 Å². The summed E-state index contributed by atoms with van der Waals surface area (Å²) in [6, 6.07) is 7.08. The summed E-state index contributed by atoms with van der Waals surface area (Å²) in [4.78, 5) is 3.61. The lowest BCUT2D eigenvalue weighted by Gasteiger charge is -2.30. The average molecular weight is 347 g/mol. The summed E-state index contributed by atoms with van der Waals surface area (Å²) in [5, 5.41) is 8.09. The van der Waals surface area contributed by atoms with Crippen LogP contribution in [0.5, 0.6) is 5.75 Å². The highest BCUT2D eigenvalue weighted by Gasteiger charge is 2.23. The summed E-state index contributed by atoms with van der Waals surface area (Å²) < 4.78 is 7.27. The molecule has 0 amide bonds. The van der Waals surface area contributed by atoms with Crippen molar-refractivity contribution in [1.29, 1.82) is 0 Å². The van der Waals surface area contributed by atoms with Crippen molar-refractivity contribution >= 4 is 11.8 Å².